The van der Waals surface area contributed by atoms with Crippen molar-refractivity contribution in [2.75, 3.05) is 5.73 Å². The third kappa shape index (κ3) is 5.04. The first-order valence-electron chi connectivity index (χ1n) is 12.6. The van der Waals surface area contributed by atoms with Gasteiger partial charge >= 0.3 is 5.69 Å². The first-order valence-corrected chi connectivity index (χ1v) is 18.4. The highest BCUT2D eigenvalue weighted by atomic mass is 28.4. The zero-order valence-corrected chi connectivity index (χ0v) is 24.6. The van der Waals surface area contributed by atoms with E-state index in [0.29, 0.717) is 0 Å². The molecule has 3 rings (SSSR count). The molecule has 0 bridgehead atoms. The molecule has 2 fully saturated rings. The summed E-state index contributed by atoms with van der Waals surface area (Å²) in [5.41, 5.74) is 5.45. The van der Waals surface area contributed by atoms with Crippen LogP contribution in [0.4, 0.5) is 5.82 Å². The average Bonchev–Trinajstić information content (AvgIpc) is 3.17. The predicted molar refractivity (Wildman–Crippen MR) is 142 cm³/mol. The molecule has 2 aliphatic rings. The maximum absolute atomic E-state index is 12.7. The van der Waals surface area contributed by atoms with Crippen LogP contribution in [0.15, 0.2) is 17.1 Å². The van der Waals surface area contributed by atoms with Crippen LogP contribution in [0.5, 0.6) is 0 Å². The fourth-order valence-electron chi connectivity index (χ4n) is 5.12. The normalized spacial score (nSPS) is 29.2. The lowest BCUT2D eigenvalue weighted by Crippen LogP contribution is -2.53. The van der Waals surface area contributed by atoms with E-state index in [2.05, 4.69) is 72.7 Å². The minimum absolute atomic E-state index is 0.0590. The number of hydrogen-bond donors (Lipinski definition) is 1. The number of rotatable bonds is 5. The molecule has 2 saturated carbocycles. The van der Waals surface area contributed by atoms with Crippen molar-refractivity contribution in [2.45, 2.75) is 128 Å². The van der Waals surface area contributed by atoms with Crippen LogP contribution >= 0.6 is 0 Å². The second-order valence-electron chi connectivity index (χ2n) is 13.5. The smallest absolute Gasteiger partial charge is 0.349 e. The van der Waals surface area contributed by atoms with Crippen LogP contribution in [0.2, 0.25) is 36.3 Å². The third-order valence-electron chi connectivity index (χ3n) is 9.22. The van der Waals surface area contributed by atoms with E-state index in [0.717, 1.165) is 32.1 Å². The molecule has 188 valence electrons. The van der Waals surface area contributed by atoms with Crippen molar-refractivity contribution in [3.8, 4) is 0 Å². The molecule has 0 aliphatic heterocycles. The average molecular weight is 494 g/mol. The molecule has 2 aliphatic carbocycles. The van der Waals surface area contributed by atoms with E-state index < -0.39 is 16.6 Å². The van der Waals surface area contributed by atoms with Crippen molar-refractivity contribution in [1.29, 1.82) is 0 Å². The van der Waals surface area contributed by atoms with Gasteiger partial charge in [0.15, 0.2) is 16.6 Å². The molecule has 0 aromatic carbocycles. The lowest BCUT2D eigenvalue weighted by Gasteiger charge is -2.47. The predicted octanol–water partition coefficient (Wildman–Crippen LogP) is 6.11. The lowest BCUT2D eigenvalue weighted by atomic mass is 9.80. The molecule has 6 nitrogen and oxygen atoms in total. The highest BCUT2D eigenvalue weighted by Gasteiger charge is 2.59. The van der Waals surface area contributed by atoms with E-state index in [-0.39, 0.29) is 45.2 Å². The number of hydrogen-bond acceptors (Lipinski definition) is 5. The maximum atomic E-state index is 12.7. The number of aromatic nitrogens is 2. The summed E-state index contributed by atoms with van der Waals surface area (Å²) in [6, 6.07) is 1.79. The van der Waals surface area contributed by atoms with Crippen LogP contribution in [0.25, 0.3) is 0 Å². The molecule has 0 saturated heterocycles. The summed E-state index contributed by atoms with van der Waals surface area (Å²) in [5, 5.41) is 0.280. The number of anilines is 1. The van der Waals surface area contributed by atoms with Gasteiger partial charge < -0.3 is 14.6 Å². The molecule has 0 unspecified atom stereocenters. The van der Waals surface area contributed by atoms with Crippen molar-refractivity contribution in [3.05, 3.63) is 22.7 Å². The Labute approximate surface area is 202 Å². The van der Waals surface area contributed by atoms with Crippen molar-refractivity contribution in [1.82, 2.24) is 9.55 Å². The molecule has 4 atom stereocenters. The molecule has 33 heavy (non-hydrogen) atoms. The Kier molecular flexibility index (Phi) is 6.95. The molecular formula is C25H47N3O3Si2. The van der Waals surface area contributed by atoms with Gasteiger partial charge in [-0.25, -0.2) is 4.79 Å². The summed E-state index contributed by atoms with van der Waals surface area (Å²) in [6.45, 7) is 23.2. The molecule has 0 amide bonds. The SMILES string of the molecule is CC(C)(C)[Si](C)(C)O[C@H]1CCC[C@]12C[C@@H](n1ccc(N)nc1=O)C[C@@H]2O[Si](C)(C)C(C)(C)C. The molecule has 1 aromatic rings. The van der Waals surface area contributed by atoms with Crippen molar-refractivity contribution < 1.29 is 8.85 Å². The second-order valence-corrected chi connectivity index (χ2v) is 23.0. The van der Waals surface area contributed by atoms with Crippen LogP contribution < -0.4 is 11.4 Å². The molecular weight excluding hydrogens is 446 g/mol. The van der Waals surface area contributed by atoms with Gasteiger partial charge in [0, 0.05) is 17.7 Å². The van der Waals surface area contributed by atoms with Gasteiger partial charge in [-0.05, 0) is 68.0 Å². The van der Waals surface area contributed by atoms with E-state index in [4.69, 9.17) is 14.6 Å². The monoisotopic (exact) mass is 493 g/mol. The summed E-state index contributed by atoms with van der Waals surface area (Å²) in [4.78, 5) is 16.8. The second kappa shape index (κ2) is 8.61. The minimum Gasteiger partial charge on any atom is -0.413 e. The fraction of sp³-hybridized carbons (Fsp3) is 0.840. The largest absolute Gasteiger partial charge is 0.413 e. The molecule has 0 radical (unpaired) electrons. The van der Waals surface area contributed by atoms with Gasteiger partial charge in [-0.1, -0.05) is 48.0 Å². The van der Waals surface area contributed by atoms with E-state index in [1.165, 1.54) is 0 Å². The third-order valence-corrected chi connectivity index (χ3v) is 18.2. The molecule has 2 N–H and O–H groups in total. The first-order chi connectivity index (χ1) is 14.9. The Bertz CT molecular complexity index is 917. The highest BCUT2D eigenvalue weighted by molar-refractivity contribution is 6.74. The van der Waals surface area contributed by atoms with E-state index in [1.807, 2.05) is 6.20 Å². The van der Waals surface area contributed by atoms with E-state index >= 15 is 0 Å². The van der Waals surface area contributed by atoms with Gasteiger partial charge in [-0.15, -0.1) is 0 Å². The molecule has 1 aromatic heterocycles. The highest BCUT2D eigenvalue weighted by Crippen LogP contribution is 2.59. The van der Waals surface area contributed by atoms with Gasteiger partial charge in [0.1, 0.15) is 5.82 Å². The Morgan fingerprint density at radius 2 is 1.58 bits per heavy atom. The van der Waals surface area contributed by atoms with Gasteiger partial charge in [0.25, 0.3) is 0 Å². The maximum Gasteiger partial charge on any atom is 0.349 e. The summed E-state index contributed by atoms with van der Waals surface area (Å²) in [5.74, 6) is 0.276. The first kappa shape index (κ1) is 26.6. The van der Waals surface area contributed by atoms with E-state index in [1.54, 1.807) is 10.6 Å². The van der Waals surface area contributed by atoms with Gasteiger partial charge in [-0.3, -0.25) is 4.57 Å². The minimum atomic E-state index is -2.01. The van der Waals surface area contributed by atoms with Gasteiger partial charge in [-0.2, -0.15) is 4.98 Å². The fourth-order valence-corrected chi connectivity index (χ4v) is 7.94. The van der Waals surface area contributed by atoms with Crippen LogP contribution in [0.3, 0.4) is 0 Å². The zero-order valence-electron chi connectivity index (χ0n) is 22.6. The molecule has 1 spiro atoms. The topological polar surface area (TPSA) is 79.4 Å². The van der Waals surface area contributed by atoms with Crippen molar-refractivity contribution in [2.24, 2.45) is 5.41 Å². The number of nitrogens with two attached hydrogens (primary N) is 1. The Hall–Kier alpha value is -0.966. The van der Waals surface area contributed by atoms with Crippen LogP contribution in [-0.4, -0.2) is 38.4 Å². The Morgan fingerprint density at radius 1 is 1.03 bits per heavy atom. The summed E-state index contributed by atoms with van der Waals surface area (Å²) in [6.07, 6.45) is 7.13. The zero-order chi connectivity index (χ0) is 25.0. The molecule has 8 heteroatoms. The van der Waals surface area contributed by atoms with Crippen molar-refractivity contribution >= 4 is 22.5 Å². The Balaban J connectivity index is 2.01. The summed E-state index contributed by atoms with van der Waals surface area (Å²) in [7, 11) is -3.96. The number of nitrogen functional groups attached to an aromatic ring is 1. The van der Waals surface area contributed by atoms with Crippen LogP contribution in [0, 0.1) is 5.41 Å². The quantitative estimate of drug-likeness (QED) is 0.500. The van der Waals surface area contributed by atoms with Crippen molar-refractivity contribution in [3.63, 3.8) is 0 Å². The Morgan fingerprint density at radius 3 is 2.09 bits per heavy atom. The lowest BCUT2D eigenvalue weighted by molar-refractivity contribution is -0.0175. The van der Waals surface area contributed by atoms with E-state index in [9.17, 15) is 4.79 Å². The van der Waals surface area contributed by atoms with Crippen LogP contribution in [-0.2, 0) is 8.85 Å². The van der Waals surface area contributed by atoms with Crippen LogP contribution in [0.1, 0.15) is 79.7 Å². The van der Waals surface area contributed by atoms with Gasteiger partial charge in [0.2, 0.25) is 0 Å². The summed E-state index contributed by atoms with van der Waals surface area (Å²) < 4.78 is 16.1. The number of nitrogens with zero attached hydrogens (tertiary/aromatic N) is 2. The standard InChI is InChI=1S/C25H47N3O3Si2/c1-23(2,3)32(7,8)30-19-12-11-14-25(19)17-18(28-15-13-21(26)27-22(28)29)16-20(25)31-33(9,10)24(4,5)6/h13,15,18-20H,11-12,14,16-17H2,1-10H3,(H2,26,27,29)/t18-,19-,20-,25-/m0/s1. The molecule has 1 heterocycles. The van der Waals surface area contributed by atoms with Gasteiger partial charge in [0.05, 0.1) is 12.2 Å². The summed E-state index contributed by atoms with van der Waals surface area (Å²) >= 11 is 0.